The highest BCUT2D eigenvalue weighted by molar-refractivity contribution is 7.69. The lowest BCUT2D eigenvalue weighted by Gasteiger charge is -2.13. The van der Waals surface area contributed by atoms with E-state index in [0.717, 1.165) is 26.7 Å². The Kier molecular flexibility index (Phi) is 6.58. The summed E-state index contributed by atoms with van der Waals surface area (Å²) in [4.78, 5) is 0. The Balaban J connectivity index is 2.47. The SMILES string of the molecule is Cl[Si]c1cc(-c2ccc([Si](Cl)Cl)cc2)cc([Si](Cl)(Cl)Cl)c1. The third-order valence-electron chi connectivity index (χ3n) is 2.81. The Hall–Kier alpha value is 0.831. The van der Waals surface area contributed by atoms with E-state index in [1.54, 1.807) is 0 Å². The fraction of sp³-hybridized carbons (Fsp3) is 0. The summed E-state index contributed by atoms with van der Waals surface area (Å²) in [5.41, 5.74) is 1.98. The number of benzene rings is 2. The van der Waals surface area contributed by atoms with Crippen molar-refractivity contribution in [2.24, 2.45) is 0 Å². The second kappa shape index (κ2) is 7.60. The average molecular weight is 448 g/mol. The molecule has 0 spiro atoms. The maximum absolute atomic E-state index is 6.11. The van der Waals surface area contributed by atoms with Crippen LogP contribution in [0.25, 0.3) is 11.1 Å². The molecule has 0 amide bonds. The zero-order valence-electron chi connectivity index (χ0n) is 10.3. The van der Waals surface area contributed by atoms with Crippen LogP contribution in [-0.2, 0) is 0 Å². The van der Waals surface area contributed by atoms with E-state index in [2.05, 4.69) is 0 Å². The van der Waals surface area contributed by atoms with E-state index in [9.17, 15) is 0 Å². The summed E-state index contributed by atoms with van der Waals surface area (Å²) in [6.45, 7) is 0. The van der Waals surface area contributed by atoms with Gasteiger partial charge < -0.3 is 0 Å². The van der Waals surface area contributed by atoms with E-state index < -0.39 is 13.4 Å². The normalized spacial score (nSPS) is 12.0. The quantitative estimate of drug-likeness (QED) is 0.493. The molecule has 3 radical (unpaired) electrons. The summed E-state index contributed by atoms with van der Waals surface area (Å²) in [6, 6.07) is 10.6. The van der Waals surface area contributed by atoms with Crippen LogP contribution in [0, 0.1) is 0 Å². The number of halogens is 6. The molecule has 9 heteroatoms. The molecule has 0 fully saturated rings. The van der Waals surface area contributed by atoms with E-state index >= 15 is 0 Å². The minimum Gasteiger partial charge on any atom is -0.165 e. The molecule has 0 aromatic heterocycles. The maximum Gasteiger partial charge on any atom is 0.372 e. The molecule has 0 heterocycles. The van der Waals surface area contributed by atoms with E-state index in [-0.39, 0.29) is 8.83 Å². The summed E-state index contributed by atoms with van der Waals surface area (Å²) in [5, 5.41) is 2.63. The van der Waals surface area contributed by atoms with Gasteiger partial charge in [-0.3, -0.25) is 0 Å². The maximum atomic E-state index is 6.11. The Bertz CT molecular complexity index is 624. The van der Waals surface area contributed by atoms with Crippen molar-refractivity contribution in [2.45, 2.75) is 0 Å². The van der Waals surface area contributed by atoms with Gasteiger partial charge in [0.2, 0.25) is 8.83 Å². The van der Waals surface area contributed by atoms with Gasteiger partial charge in [0.05, 0.1) is 0 Å². The van der Waals surface area contributed by atoms with E-state index in [4.69, 9.17) is 66.5 Å². The standard InChI is InChI=1S/C12H7Cl6Si3/c13-19-10-5-9(6-12(7-10)21(16,17)18)8-1-3-11(4-2-8)20(14)15/h1-7H. The van der Waals surface area contributed by atoms with Crippen LogP contribution in [0.4, 0.5) is 0 Å². The molecule has 0 nitrogen and oxygen atoms in total. The van der Waals surface area contributed by atoms with Crippen LogP contribution in [0.3, 0.4) is 0 Å². The molecule has 0 aliphatic rings. The molecule has 0 saturated heterocycles. The van der Waals surface area contributed by atoms with Crippen LogP contribution < -0.4 is 15.6 Å². The predicted octanol–water partition coefficient (Wildman–Crippen LogP) is 3.87. The van der Waals surface area contributed by atoms with Crippen molar-refractivity contribution in [1.82, 2.24) is 0 Å². The van der Waals surface area contributed by atoms with Gasteiger partial charge in [0.1, 0.15) is 0 Å². The van der Waals surface area contributed by atoms with Crippen molar-refractivity contribution in [2.75, 3.05) is 0 Å². The van der Waals surface area contributed by atoms with Gasteiger partial charge in [0.25, 0.3) is 0 Å². The summed E-state index contributed by atoms with van der Waals surface area (Å²) in [5.74, 6) is 0. The van der Waals surface area contributed by atoms with Crippen LogP contribution in [0.15, 0.2) is 42.5 Å². The highest BCUT2D eigenvalue weighted by Gasteiger charge is 2.29. The molecule has 2 rings (SSSR count). The number of hydrogen-bond donors (Lipinski definition) is 0. The van der Waals surface area contributed by atoms with Crippen LogP contribution in [0.2, 0.25) is 0 Å². The molecule has 2 aromatic carbocycles. The first-order valence-corrected chi connectivity index (χ1v) is 16.3. The van der Waals surface area contributed by atoms with Gasteiger partial charge >= 0.3 is 13.4 Å². The van der Waals surface area contributed by atoms with Crippen molar-refractivity contribution in [3.8, 4) is 11.1 Å². The second-order valence-corrected chi connectivity index (χ2v) is 17.9. The van der Waals surface area contributed by atoms with E-state index in [1.165, 1.54) is 0 Å². The Morgan fingerprint density at radius 1 is 0.857 bits per heavy atom. The van der Waals surface area contributed by atoms with Gasteiger partial charge in [-0.05, 0) is 26.7 Å². The molecule has 0 atom stereocenters. The summed E-state index contributed by atoms with van der Waals surface area (Å²) < 4.78 is 0. The highest BCUT2D eigenvalue weighted by atomic mass is 35.8. The first kappa shape index (κ1) is 18.2. The highest BCUT2D eigenvalue weighted by Crippen LogP contribution is 2.23. The number of rotatable bonds is 4. The van der Waals surface area contributed by atoms with Crippen LogP contribution in [0.1, 0.15) is 0 Å². The third-order valence-corrected chi connectivity index (χ3v) is 8.95. The topological polar surface area (TPSA) is 0 Å². The van der Waals surface area contributed by atoms with Crippen LogP contribution >= 0.6 is 66.5 Å². The van der Waals surface area contributed by atoms with E-state index in [0.29, 0.717) is 0 Å². The first-order valence-electron chi connectivity index (χ1n) is 5.69. The molecule has 2 aromatic rings. The van der Waals surface area contributed by atoms with Crippen molar-refractivity contribution in [1.29, 1.82) is 0 Å². The molecule has 0 N–H and O–H groups in total. The third kappa shape index (κ3) is 4.90. The van der Waals surface area contributed by atoms with Gasteiger partial charge in [-0.1, -0.05) is 42.5 Å². The minimum absolute atomic E-state index is 0.122. The van der Waals surface area contributed by atoms with Crippen LogP contribution in [0.5, 0.6) is 0 Å². The average Bonchev–Trinajstić information content (AvgIpc) is 2.46. The lowest BCUT2D eigenvalue weighted by molar-refractivity contribution is 1.68. The van der Waals surface area contributed by atoms with Gasteiger partial charge in [-0.2, -0.15) is 11.1 Å². The second-order valence-electron chi connectivity index (χ2n) is 4.23. The zero-order chi connectivity index (χ0) is 15.6. The molecule has 21 heavy (non-hydrogen) atoms. The molecule has 0 aliphatic heterocycles. The van der Waals surface area contributed by atoms with E-state index in [1.807, 2.05) is 42.5 Å². The zero-order valence-corrected chi connectivity index (χ0v) is 17.8. The molecule has 0 saturated carbocycles. The Labute approximate surface area is 156 Å². The molecular weight excluding hydrogens is 441 g/mol. The Morgan fingerprint density at radius 3 is 1.95 bits per heavy atom. The lowest BCUT2D eigenvalue weighted by Crippen LogP contribution is -2.33. The smallest absolute Gasteiger partial charge is 0.165 e. The predicted molar refractivity (Wildman–Crippen MR) is 103 cm³/mol. The lowest BCUT2D eigenvalue weighted by atomic mass is 10.1. The summed E-state index contributed by atoms with van der Waals surface area (Å²) in [6.07, 6.45) is 0. The van der Waals surface area contributed by atoms with Gasteiger partial charge in [-0.25, -0.2) is 0 Å². The van der Waals surface area contributed by atoms with Crippen LogP contribution in [-0.4, -0.2) is 22.2 Å². The molecule has 0 aliphatic carbocycles. The Morgan fingerprint density at radius 2 is 1.48 bits per heavy atom. The molecule has 0 unspecified atom stereocenters. The first-order chi connectivity index (χ1) is 9.81. The van der Waals surface area contributed by atoms with Crippen molar-refractivity contribution >= 4 is 104 Å². The van der Waals surface area contributed by atoms with Gasteiger partial charge in [0.15, 0.2) is 0 Å². The number of hydrogen-bond acceptors (Lipinski definition) is 0. The van der Waals surface area contributed by atoms with Crippen molar-refractivity contribution in [3.05, 3.63) is 42.5 Å². The fourth-order valence-corrected chi connectivity index (χ4v) is 5.49. The minimum atomic E-state index is -2.95. The largest absolute Gasteiger partial charge is 0.372 e. The molecule has 0 bridgehead atoms. The molecule has 109 valence electrons. The summed E-state index contributed by atoms with van der Waals surface area (Å²) >= 11 is 36.2. The molecular formula is C12H7Cl6Si3. The monoisotopic (exact) mass is 445 g/mol. The fourth-order valence-electron chi connectivity index (χ4n) is 1.80. The van der Waals surface area contributed by atoms with Gasteiger partial charge in [0, 0.05) is 0 Å². The van der Waals surface area contributed by atoms with Crippen molar-refractivity contribution in [3.63, 3.8) is 0 Å². The van der Waals surface area contributed by atoms with Crippen molar-refractivity contribution < 1.29 is 0 Å². The summed E-state index contributed by atoms with van der Waals surface area (Å²) in [7, 11) is -1.36. The van der Waals surface area contributed by atoms with Gasteiger partial charge in [-0.15, -0.1) is 55.4 Å².